The number of anilines is 1. The van der Waals surface area contributed by atoms with Gasteiger partial charge in [-0.1, -0.05) is 6.07 Å². The van der Waals surface area contributed by atoms with Crippen LogP contribution >= 0.6 is 0 Å². The molecule has 7 nitrogen and oxygen atoms in total. The minimum Gasteiger partial charge on any atom is -0.369 e. The van der Waals surface area contributed by atoms with Gasteiger partial charge in [0, 0.05) is 37.7 Å². The van der Waals surface area contributed by atoms with Crippen LogP contribution in [-0.4, -0.2) is 48.4 Å². The molecule has 2 aliphatic rings. The van der Waals surface area contributed by atoms with Crippen LogP contribution < -0.4 is 16.0 Å². The van der Waals surface area contributed by atoms with E-state index < -0.39 is 0 Å². The maximum Gasteiger partial charge on any atom is 0.317 e. The maximum atomic E-state index is 12.4. The first-order valence-corrected chi connectivity index (χ1v) is 9.07. The molecule has 0 radical (unpaired) electrons. The van der Waals surface area contributed by atoms with E-state index in [0.29, 0.717) is 38.9 Å². The average Bonchev–Trinajstić information content (AvgIpc) is 2.97. The lowest BCUT2D eigenvalue weighted by molar-refractivity contribution is -0.123. The summed E-state index contributed by atoms with van der Waals surface area (Å²) in [6, 6.07) is 5.58. The monoisotopic (exact) mass is 358 g/mol. The number of primary amides is 1. The summed E-state index contributed by atoms with van der Waals surface area (Å²) in [6.07, 6.45) is 1.50. The highest BCUT2D eigenvalue weighted by molar-refractivity contribution is 5.97. The third-order valence-electron chi connectivity index (χ3n) is 5.44. The predicted octanol–water partition coefficient (Wildman–Crippen LogP) is 1.32. The Kier molecular flexibility index (Phi) is 5.15. The Bertz CT molecular complexity index is 725. The van der Waals surface area contributed by atoms with Crippen LogP contribution in [0.4, 0.5) is 10.5 Å². The molecule has 26 heavy (non-hydrogen) atoms. The van der Waals surface area contributed by atoms with E-state index >= 15 is 0 Å². The van der Waals surface area contributed by atoms with Crippen molar-refractivity contribution in [3.63, 3.8) is 0 Å². The Morgan fingerprint density at radius 1 is 1.15 bits per heavy atom. The molecule has 0 aromatic heterocycles. The van der Waals surface area contributed by atoms with Gasteiger partial charge in [-0.05, 0) is 49.9 Å². The molecule has 0 unspecified atom stereocenters. The maximum absolute atomic E-state index is 12.4. The lowest BCUT2D eigenvalue weighted by Gasteiger charge is -2.31. The summed E-state index contributed by atoms with van der Waals surface area (Å²) in [4.78, 5) is 39.5. The molecule has 7 heteroatoms. The molecule has 3 N–H and O–H groups in total. The highest BCUT2D eigenvalue weighted by Crippen LogP contribution is 2.24. The molecule has 0 aliphatic carbocycles. The van der Waals surface area contributed by atoms with E-state index in [0.717, 1.165) is 11.3 Å². The fourth-order valence-electron chi connectivity index (χ4n) is 3.58. The Morgan fingerprint density at radius 2 is 1.85 bits per heavy atom. The van der Waals surface area contributed by atoms with Crippen molar-refractivity contribution < 1.29 is 14.4 Å². The van der Waals surface area contributed by atoms with E-state index in [1.807, 2.05) is 32.0 Å². The van der Waals surface area contributed by atoms with Crippen LogP contribution in [0.5, 0.6) is 0 Å². The van der Waals surface area contributed by atoms with Crippen LogP contribution in [-0.2, 0) is 9.59 Å². The molecule has 0 spiro atoms. The minimum atomic E-state index is -0.296. The number of benzene rings is 1. The number of urea groups is 1. The summed E-state index contributed by atoms with van der Waals surface area (Å²) >= 11 is 0. The van der Waals surface area contributed by atoms with Gasteiger partial charge in [-0.3, -0.25) is 9.59 Å². The highest BCUT2D eigenvalue weighted by atomic mass is 16.2. The van der Waals surface area contributed by atoms with Crippen molar-refractivity contribution in [2.24, 2.45) is 11.7 Å². The van der Waals surface area contributed by atoms with Gasteiger partial charge in [0.1, 0.15) is 0 Å². The number of nitrogens with zero attached hydrogens (tertiary/aromatic N) is 2. The van der Waals surface area contributed by atoms with Gasteiger partial charge in [0.25, 0.3) is 0 Å². The molecule has 140 valence electrons. The summed E-state index contributed by atoms with van der Waals surface area (Å²) in [5, 5.41) is 2.96. The van der Waals surface area contributed by atoms with Crippen LogP contribution in [0.1, 0.15) is 30.4 Å². The SMILES string of the molecule is Cc1ccc(N2C[C@H](NC(=O)N3CCC(C(N)=O)CC3)CC2=O)cc1C. The number of carbonyl (C=O) groups is 3. The van der Waals surface area contributed by atoms with Crippen LogP contribution in [0.25, 0.3) is 0 Å². The van der Waals surface area contributed by atoms with Crippen molar-refractivity contribution >= 4 is 23.5 Å². The number of nitrogens with two attached hydrogens (primary N) is 1. The molecule has 0 saturated carbocycles. The van der Waals surface area contributed by atoms with Gasteiger partial charge in [-0.15, -0.1) is 0 Å². The van der Waals surface area contributed by atoms with Crippen molar-refractivity contribution in [1.29, 1.82) is 0 Å². The third-order valence-corrected chi connectivity index (χ3v) is 5.44. The molecule has 1 aromatic carbocycles. The second-order valence-corrected chi connectivity index (χ2v) is 7.29. The summed E-state index contributed by atoms with van der Waals surface area (Å²) in [7, 11) is 0. The third kappa shape index (κ3) is 3.81. The molecule has 2 heterocycles. The first-order valence-electron chi connectivity index (χ1n) is 9.07. The van der Waals surface area contributed by atoms with Crippen molar-refractivity contribution in [3.8, 4) is 0 Å². The van der Waals surface area contributed by atoms with Crippen molar-refractivity contribution in [3.05, 3.63) is 29.3 Å². The first-order chi connectivity index (χ1) is 12.3. The summed E-state index contributed by atoms with van der Waals surface area (Å²) in [5.74, 6) is -0.422. The fraction of sp³-hybridized carbons (Fsp3) is 0.526. The molecular formula is C19H26N4O3. The molecule has 4 amide bonds. The Hall–Kier alpha value is -2.57. The smallest absolute Gasteiger partial charge is 0.317 e. The molecule has 3 rings (SSSR count). The van der Waals surface area contributed by atoms with Crippen molar-refractivity contribution in [1.82, 2.24) is 10.2 Å². The van der Waals surface area contributed by atoms with Crippen LogP contribution in [0, 0.1) is 19.8 Å². The van der Waals surface area contributed by atoms with Gasteiger partial charge in [-0.25, -0.2) is 4.79 Å². The second-order valence-electron chi connectivity index (χ2n) is 7.29. The fourth-order valence-corrected chi connectivity index (χ4v) is 3.58. The van der Waals surface area contributed by atoms with Crippen molar-refractivity contribution in [2.45, 2.75) is 39.2 Å². The number of amides is 4. The van der Waals surface area contributed by atoms with Gasteiger partial charge in [0.15, 0.2) is 0 Å². The summed E-state index contributed by atoms with van der Waals surface area (Å²) in [6.45, 7) is 5.57. The van der Waals surface area contributed by atoms with Gasteiger partial charge in [-0.2, -0.15) is 0 Å². The quantitative estimate of drug-likeness (QED) is 0.853. The zero-order valence-electron chi connectivity index (χ0n) is 15.3. The van der Waals surface area contributed by atoms with E-state index in [-0.39, 0.29) is 29.8 Å². The predicted molar refractivity (Wildman–Crippen MR) is 98.7 cm³/mol. The lowest BCUT2D eigenvalue weighted by atomic mass is 9.96. The zero-order valence-corrected chi connectivity index (χ0v) is 15.3. The number of piperidine rings is 1. The van der Waals surface area contributed by atoms with Gasteiger partial charge < -0.3 is 20.9 Å². The largest absolute Gasteiger partial charge is 0.369 e. The second kappa shape index (κ2) is 7.35. The lowest BCUT2D eigenvalue weighted by Crippen LogP contribution is -2.49. The van der Waals surface area contributed by atoms with Crippen molar-refractivity contribution in [2.75, 3.05) is 24.5 Å². The van der Waals surface area contributed by atoms with E-state index in [9.17, 15) is 14.4 Å². The number of hydrogen-bond donors (Lipinski definition) is 2. The van der Waals surface area contributed by atoms with Crippen LogP contribution in [0.15, 0.2) is 18.2 Å². The number of carbonyl (C=O) groups excluding carboxylic acids is 3. The van der Waals surface area contributed by atoms with Crippen LogP contribution in [0.3, 0.4) is 0 Å². The van der Waals surface area contributed by atoms with E-state index in [1.165, 1.54) is 5.56 Å². The zero-order chi connectivity index (χ0) is 18.8. The molecule has 2 fully saturated rings. The number of likely N-dealkylation sites (tertiary alicyclic amines) is 1. The molecule has 0 bridgehead atoms. The summed E-state index contributed by atoms with van der Waals surface area (Å²) < 4.78 is 0. The first kappa shape index (κ1) is 18.2. The highest BCUT2D eigenvalue weighted by Gasteiger charge is 2.33. The van der Waals surface area contributed by atoms with Gasteiger partial charge in [0.2, 0.25) is 11.8 Å². The average molecular weight is 358 g/mol. The minimum absolute atomic E-state index is 0.0194. The van der Waals surface area contributed by atoms with E-state index in [1.54, 1.807) is 9.80 Å². The Balaban J connectivity index is 1.56. The normalized spacial score (nSPS) is 21.2. The van der Waals surface area contributed by atoms with Gasteiger partial charge >= 0.3 is 6.03 Å². The molecule has 1 aromatic rings. The molecule has 2 aliphatic heterocycles. The van der Waals surface area contributed by atoms with E-state index in [2.05, 4.69) is 5.32 Å². The molecular weight excluding hydrogens is 332 g/mol. The number of aryl methyl sites for hydroxylation is 2. The summed E-state index contributed by atoms with van der Waals surface area (Å²) in [5.41, 5.74) is 8.52. The molecule has 1 atom stereocenters. The Labute approximate surface area is 153 Å². The number of hydrogen-bond acceptors (Lipinski definition) is 3. The van der Waals surface area contributed by atoms with Crippen LogP contribution in [0.2, 0.25) is 0 Å². The number of rotatable bonds is 3. The van der Waals surface area contributed by atoms with Gasteiger partial charge in [0.05, 0.1) is 6.04 Å². The topological polar surface area (TPSA) is 95.7 Å². The Morgan fingerprint density at radius 3 is 2.46 bits per heavy atom. The number of nitrogens with one attached hydrogen (secondary N) is 1. The van der Waals surface area contributed by atoms with E-state index in [4.69, 9.17) is 5.73 Å². The molecule has 2 saturated heterocycles. The standard InChI is InChI=1S/C19H26N4O3/c1-12-3-4-16(9-13(12)2)23-11-15(10-17(23)24)21-19(26)22-7-5-14(6-8-22)18(20)25/h3-4,9,14-15H,5-8,10-11H2,1-2H3,(H2,20,25)(H,21,26)/t15-/m1/s1.